The molecule has 108 valence electrons. The monoisotopic (exact) mass is 282 g/mol. The first-order chi connectivity index (χ1) is 8.48. The van der Waals surface area contributed by atoms with Gasteiger partial charge in [-0.2, -0.15) is 0 Å². The quantitative estimate of drug-likeness (QED) is 0.451. The fourth-order valence-corrected chi connectivity index (χ4v) is 2.28. The molecule has 0 saturated heterocycles. The fourth-order valence-electron chi connectivity index (χ4n) is 2.28. The molecule has 0 atom stereocenters. The zero-order valence-corrected chi connectivity index (χ0v) is 11.6. The molecule has 0 rings (SSSR count). The maximum absolute atomic E-state index is 11.3. The molecular formula is C14H27NaO4. The molecule has 0 radical (unpaired) electrons. The van der Waals surface area contributed by atoms with Crippen molar-refractivity contribution in [3.63, 3.8) is 0 Å². The van der Waals surface area contributed by atoms with Gasteiger partial charge < -0.3 is 10.2 Å². The zero-order valence-electron chi connectivity index (χ0n) is 11.6. The molecule has 0 saturated carbocycles. The van der Waals surface area contributed by atoms with E-state index in [9.17, 15) is 14.7 Å². The van der Waals surface area contributed by atoms with Crippen molar-refractivity contribution in [2.75, 3.05) is 0 Å². The van der Waals surface area contributed by atoms with Crippen molar-refractivity contribution in [1.29, 1.82) is 0 Å². The van der Waals surface area contributed by atoms with Gasteiger partial charge in [0.05, 0.1) is 5.41 Å². The zero-order chi connectivity index (χ0) is 14.0. The van der Waals surface area contributed by atoms with Gasteiger partial charge >= 0.3 is 41.5 Å². The van der Waals surface area contributed by atoms with E-state index in [1.807, 2.05) is 13.8 Å². The Labute approximate surface area is 138 Å². The van der Waals surface area contributed by atoms with Gasteiger partial charge in [-0.15, -0.1) is 0 Å². The summed E-state index contributed by atoms with van der Waals surface area (Å²) in [7, 11) is 0. The van der Waals surface area contributed by atoms with Crippen LogP contribution in [0.5, 0.6) is 0 Å². The van der Waals surface area contributed by atoms with Crippen LogP contribution in [-0.2, 0) is 9.59 Å². The van der Waals surface area contributed by atoms with E-state index < -0.39 is 17.4 Å². The van der Waals surface area contributed by atoms with E-state index in [1.165, 1.54) is 0 Å². The van der Waals surface area contributed by atoms with Gasteiger partial charge in [-0.3, -0.25) is 9.59 Å². The van der Waals surface area contributed by atoms with Crippen molar-refractivity contribution in [3.05, 3.63) is 0 Å². The molecule has 0 amide bonds. The molecule has 5 heteroatoms. The molecule has 0 aromatic heterocycles. The number of unbranched alkanes of at least 4 members (excludes halogenated alkanes) is 4. The van der Waals surface area contributed by atoms with Crippen LogP contribution in [0, 0.1) is 5.41 Å². The molecule has 0 aliphatic rings. The van der Waals surface area contributed by atoms with E-state index in [0.717, 1.165) is 38.5 Å². The summed E-state index contributed by atoms with van der Waals surface area (Å²) < 4.78 is 0. The summed E-state index contributed by atoms with van der Waals surface area (Å²) in [6, 6.07) is 0. The molecule has 0 heterocycles. The first-order valence-electron chi connectivity index (χ1n) is 6.93. The van der Waals surface area contributed by atoms with Crippen LogP contribution in [0.4, 0.5) is 0 Å². The predicted octanol–water partition coefficient (Wildman–Crippen LogP) is 3.04. The van der Waals surface area contributed by atoms with Crippen molar-refractivity contribution in [3.8, 4) is 0 Å². The molecule has 0 aliphatic heterocycles. The summed E-state index contributed by atoms with van der Waals surface area (Å²) in [5.74, 6) is -1.42. The Bertz CT molecular complexity index is 262. The Balaban J connectivity index is 0. The number of carbonyl (C=O) groups is 2. The molecule has 2 N–H and O–H groups in total. The number of aliphatic carboxylic acids is 2. The van der Waals surface area contributed by atoms with Gasteiger partial charge in [-0.05, 0) is 25.7 Å². The minimum atomic E-state index is -0.739. The van der Waals surface area contributed by atoms with Crippen LogP contribution >= 0.6 is 0 Å². The van der Waals surface area contributed by atoms with E-state index in [0.29, 0.717) is 12.8 Å². The van der Waals surface area contributed by atoms with Crippen LogP contribution in [-0.4, -0.2) is 51.7 Å². The molecule has 19 heavy (non-hydrogen) atoms. The van der Waals surface area contributed by atoms with Gasteiger partial charge in [0, 0.05) is 6.42 Å². The average molecular weight is 282 g/mol. The van der Waals surface area contributed by atoms with E-state index in [-0.39, 0.29) is 36.0 Å². The van der Waals surface area contributed by atoms with Crippen LogP contribution in [0.2, 0.25) is 0 Å². The second kappa shape index (κ2) is 11.7. The Hall–Kier alpha value is -0.0600. The van der Waals surface area contributed by atoms with Crippen molar-refractivity contribution in [1.82, 2.24) is 0 Å². The van der Waals surface area contributed by atoms with Gasteiger partial charge in [-0.1, -0.05) is 39.5 Å². The summed E-state index contributed by atoms with van der Waals surface area (Å²) in [6.07, 6.45) is 6.88. The number of carboxylic acid groups (broad SMARTS) is 2. The van der Waals surface area contributed by atoms with Crippen LogP contribution in [0.15, 0.2) is 0 Å². The van der Waals surface area contributed by atoms with Crippen molar-refractivity contribution in [2.45, 2.75) is 71.6 Å². The van der Waals surface area contributed by atoms with Crippen LogP contribution in [0.25, 0.3) is 0 Å². The fraction of sp³-hybridized carbons (Fsp3) is 0.857. The molecule has 0 bridgehead atoms. The summed E-state index contributed by atoms with van der Waals surface area (Å²) in [6.45, 7) is 3.87. The number of hydrogen-bond donors (Lipinski definition) is 2. The van der Waals surface area contributed by atoms with Gasteiger partial charge in [-0.25, -0.2) is 0 Å². The summed E-state index contributed by atoms with van der Waals surface area (Å²) in [5.41, 5.74) is -0.554. The molecule has 0 aromatic rings. The Morgan fingerprint density at radius 3 is 1.79 bits per heavy atom. The topological polar surface area (TPSA) is 74.6 Å². The summed E-state index contributed by atoms with van der Waals surface area (Å²) in [4.78, 5) is 21.6. The summed E-state index contributed by atoms with van der Waals surface area (Å²) >= 11 is 0. The van der Waals surface area contributed by atoms with Gasteiger partial charge in [0.15, 0.2) is 0 Å². The Morgan fingerprint density at radius 1 is 0.895 bits per heavy atom. The Kier molecular flexibility index (Phi) is 13.1. The average Bonchev–Trinajstić information content (AvgIpc) is 2.32. The van der Waals surface area contributed by atoms with Gasteiger partial charge in [0.2, 0.25) is 0 Å². The van der Waals surface area contributed by atoms with Crippen molar-refractivity contribution in [2.24, 2.45) is 5.41 Å². The maximum atomic E-state index is 11.3. The Morgan fingerprint density at radius 2 is 1.37 bits per heavy atom. The third kappa shape index (κ3) is 8.66. The molecule has 0 aliphatic carbocycles. The molecule has 0 spiro atoms. The first-order valence-corrected chi connectivity index (χ1v) is 6.93. The van der Waals surface area contributed by atoms with E-state index in [2.05, 4.69) is 0 Å². The SMILES string of the molecule is CCC(CC)(CCCCCCCC(=O)O)C(=O)O.[NaH]. The van der Waals surface area contributed by atoms with Crippen molar-refractivity contribution < 1.29 is 19.8 Å². The molecule has 0 fully saturated rings. The second-order valence-corrected chi connectivity index (χ2v) is 4.95. The number of rotatable bonds is 11. The van der Waals surface area contributed by atoms with Gasteiger partial charge in [0.25, 0.3) is 0 Å². The number of carboxylic acids is 2. The molecule has 0 aromatic carbocycles. The first kappa shape index (κ1) is 21.2. The van der Waals surface area contributed by atoms with Crippen molar-refractivity contribution >= 4 is 41.5 Å². The molecule has 0 unspecified atom stereocenters. The van der Waals surface area contributed by atoms with E-state index >= 15 is 0 Å². The number of hydrogen-bond acceptors (Lipinski definition) is 2. The van der Waals surface area contributed by atoms with Crippen LogP contribution < -0.4 is 0 Å². The predicted molar refractivity (Wildman–Crippen MR) is 77.8 cm³/mol. The normalized spacial score (nSPS) is 10.8. The minimum absolute atomic E-state index is 0. The molecular weight excluding hydrogens is 255 g/mol. The van der Waals surface area contributed by atoms with E-state index in [1.54, 1.807) is 0 Å². The standard InChI is InChI=1S/C14H26O4.Na.H/c1-3-14(4-2,13(17)18)11-9-7-5-6-8-10-12(15)16;;/h3-11H2,1-2H3,(H,15,16)(H,17,18);;. The van der Waals surface area contributed by atoms with E-state index in [4.69, 9.17) is 5.11 Å². The second-order valence-electron chi connectivity index (χ2n) is 4.95. The third-order valence-corrected chi connectivity index (χ3v) is 3.85. The van der Waals surface area contributed by atoms with Crippen LogP contribution in [0.3, 0.4) is 0 Å². The molecule has 4 nitrogen and oxygen atoms in total. The third-order valence-electron chi connectivity index (χ3n) is 3.85. The van der Waals surface area contributed by atoms with Gasteiger partial charge in [0.1, 0.15) is 0 Å². The summed E-state index contributed by atoms with van der Waals surface area (Å²) in [5, 5.41) is 17.7. The van der Waals surface area contributed by atoms with Crippen LogP contribution in [0.1, 0.15) is 71.6 Å².